The van der Waals surface area contributed by atoms with Gasteiger partial charge < -0.3 is 9.84 Å². The Morgan fingerprint density at radius 1 is 0.952 bits per heavy atom. The SMILES string of the molecule is COc1ccccc1C(O)(c1ccccc1Br)C(F)(F)F. The van der Waals surface area contributed by atoms with Gasteiger partial charge in [-0.1, -0.05) is 52.3 Å². The van der Waals surface area contributed by atoms with Gasteiger partial charge in [-0.2, -0.15) is 13.2 Å². The summed E-state index contributed by atoms with van der Waals surface area (Å²) >= 11 is 3.07. The van der Waals surface area contributed by atoms with Gasteiger partial charge in [0.05, 0.1) is 7.11 Å². The summed E-state index contributed by atoms with van der Waals surface area (Å²) in [6.07, 6.45) is -4.91. The highest BCUT2D eigenvalue weighted by Crippen LogP contribution is 2.48. The average molecular weight is 361 g/mol. The Hall–Kier alpha value is -1.53. The van der Waals surface area contributed by atoms with Crippen LogP contribution in [0.4, 0.5) is 13.2 Å². The number of halogens is 4. The highest BCUT2D eigenvalue weighted by molar-refractivity contribution is 9.10. The fourth-order valence-corrected chi connectivity index (χ4v) is 2.72. The van der Waals surface area contributed by atoms with Crippen LogP contribution in [-0.4, -0.2) is 18.4 Å². The lowest BCUT2D eigenvalue weighted by atomic mass is 9.85. The second kappa shape index (κ2) is 5.69. The lowest BCUT2D eigenvalue weighted by Crippen LogP contribution is -2.43. The molecule has 112 valence electrons. The van der Waals surface area contributed by atoms with E-state index in [2.05, 4.69) is 15.9 Å². The third-order valence-electron chi connectivity index (χ3n) is 3.17. The van der Waals surface area contributed by atoms with Crippen molar-refractivity contribution in [1.82, 2.24) is 0 Å². The number of ether oxygens (including phenoxy) is 1. The number of hydrogen-bond donors (Lipinski definition) is 1. The normalized spacial score (nSPS) is 14.6. The van der Waals surface area contributed by atoms with Crippen molar-refractivity contribution in [2.24, 2.45) is 0 Å². The minimum absolute atomic E-state index is 0.0342. The Labute approximate surface area is 128 Å². The maximum absolute atomic E-state index is 13.6. The van der Waals surface area contributed by atoms with Crippen molar-refractivity contribution in [2.45, 2.75) is 11.8 Å². The van der Waals surface area contributed by atoms with E-state index in [0.29, 0.717) is 0 Å². The Balaban J connectivity index is 2.78. The molecule has 0 aromatic heterocycles. The highest BCUT2D eigenvalue weighted by Gasteiger charge is 2.58. The second-order valence-electron chi connectivity index (χ2n) is 4.39. The lowest BCUT2D eigenvalue weighted by Gasteiger charge is -2.33. The van der Waals surface area contributed by atoms with E-state index in [9.17, 15) is 18.3 Å². The predicted molar refractivity (Wildman–Crippen MR) is 76.2 cm³/mol. The first-order valence-electron chi connectivity index (χ1n) is 6.00. The van der Waals surface area contributed by atoms with E-state index >= 15 is 0 Å². The van der Waals surface area contributed by atoms with Gasteiger partial charge in [0.25, 0.3) is 0 Å². The molecule has 2 rings (SSSR count). The van der Waals surface area contributed by atoms with Crippen LogP contribution < -0.4 is 4.74 Å². The molecule has 6 heteroatoms. The summed E-state index contributed by atoms with van der Waals surface area (Å²) < 4.78 is 46.1. The van der Waals surface area contributed by atoms with Crippen molar-refractivity contribution < 1.29 is 23.0 Å². The minimum Gasteiger partial charge on any atom is -0.496 e. The molecule has 0 aliphatic carbocycles. The van der Waals surface area contributed by atoms with Crippen molar-refractivity contribution in [1.29, 1.82) is 0 Å². The monoisotopic (exact) mass is 360 g/mol. The van der Waals surface area contributed by atoms with E-state index in [4.69, 9.17) is 4.74 Å². The van der Waals surface area contributed by atoms with Crippen LogP contribution in [-0.2, 0) is 5.60 Å². The fraction of sp³-hybridized carbons (Fsp3) is 0.200. The van der Waals surface area contributed by atoms with Crippen molar-refractivity contribution in [3.8, 4) is 5.75 Å². The zero-order valence-electron chi connectivity index (χ0n) is 11.0. The van der Waals surface area contributed by atoms with Crippen LogP contribution in [0.3, 0.4) is 0 Å². The van der Waals surface area contributed by atoms with E-state index in [1.54, 1.807) is 12.1 Å². The quantitative estimate of drug-likeness (QED) is 0.886. The largest absolute Gasteiger partial charge is 0.496 e. The van der Waals surface area contributed by atoms with Gasteiger partial charge in [-0.3, -0.25) is 0 Å². The number of benzene rings is 2. The maximum Gasteiger partial charge on any atom is 0.425 e. The molecule has 0 aliphatic rings. The van der Waals surface area contributed by atoms with Crippen LogP contribution in [0.1, 0.15) is 11.1 Å². The van der Waals surface area contributed by atoms with E-state index in [0.717, 1.165) is 0 Å². The van der Waals surface area contributed by atoms with Gasteiger partial charge >= 0.3 is 6.18 Å². The van der Waals surface area contributed by atoms with E-state index in [1.807, 2.05) is 0 Å². The molecule has 2 aromatic rings. The molecule has 0 saturated heterocycles. The molecule has 0 aliphatic heterocycles. The molecule has 0 fully saturated rings. The summed E-state index contributed by atoms with van der Waals surface area (Å²) in [7, 11) is 1.26. The molecule has 0 saturated carbocycles. The predicted octanol–water partition coefficient (Wildman–Crippen LogP) is 4.26. The van der Waals surface area contributed by atoms with Crippen LogP contribution in [0.2, 0.25) is 0 Å². The zero-order chi connectivity index (χ0) is 15.7. The molecular formula is C15H12BrF3O2. The van der Waals surface area contributed by atoms with Crippen LogP contribution >= 0.6 is 15.9 Å². The first-order chi connectivity index (χ1) is 9.82. The minimum atomic E-state index is -4.91. The van der Waals surface area contributed by atoms with Crippen LogP contribution in [0, 0.1) is 0 Å². The smallest absolute Gasteiger partial charge is 0.425 e. The summed E-state index contributed by atoms with van der Waals surface area (Å²) in [5, 5.41) is 10.5. The van der Waals surface area contributed by atoms with Gasteiger partial charge in [0.2, 0.25) is 5.60 Å². The summed E-state index contributed by atoms with van der Waals surface area (Å²) in [5.74, 6) is -0.0342. The Kier molecular flexibility index (Phi) is 4.30. The third-order valence-corrected chi connectivity index (χ3v) is 3.86. The number of rotatable bonds is 3. The van der Waals surface area contributed by atoms with Crippen molar-refractivity contribution in [3.05, 3.63) is 64.1 Å². The van der Waals surface area contributed by atoms with Gasteiger partial charge in [-0.15, -0.1) is 0 Å². The molecule has 1 unspecified atom stereocenters. The zero-order valence-corrected chi connectivity index (χ0v) is 12.6. The molecule has 0 amide bonds. The first-order valence-corrected chi connectivity index (χ1v) is 6.79. The second-order valence-corrected chi connectivity index (χ2v) is 5.24. The molecule has 2 nitrogen and oxygen atoms in total. The van der Waals surface area contributed by atoms with Gasteiger partial charge in [0.15, 0.2) is 0 Å². The van der Waals surface area contributed by atoms with Gasteiger partial charge in [0, 0.05) is 15.6 Å². The number of alkyl halides is 3. The van der Waals surface area contributed by atoms with E-state index in [-0.39, 0.29) is 21.3 Å². The molecule has 0 heterocycles. The number of hydrogen-bond acceptors (Lipinski definition) is 2. The topological polar surface area (TPSA) is 29.5 Å². The summed E-state index contributed by atoms with van der Waals surface area (Å²) in [6.45, 7) is 0. The van der Waals surface area contributed by atoms with E-state index < -0.39 is 11.8 Å². The van der Waals surface area contributed by atoms with Gasteiger partial charge in [-0.05, 0) is 12.1 Å². The molecule has 0 spiro atoms. The average Bonchev–Trinajstić information content (AvgIpc) is 2.45. The van der Waals surface area contributed by atoms with Crippen molar-refractivity contribution >= 4 is 15.9 Å². The van der Waals surface area contributed by atoms with Gasteiger partial charge in [0.1, 0.15) is 5.75 Å². The standard InChI is InChI=1S/C15H12BrF3O2/c1-21-13-9-5-3-7-11(13)14(20,15(17,18)19)10-6-2-4-8-12(10)16/h2-9,20H,1H3. The molecule has 21 heavy (non-hydrogen) atoms. The number of aliphatic hydroxyl groups is 1. The molecule has 0 radical (unpaired) electrons. The van der Waals surface area contributed by atoms with Gasteiger partial charge in [-0.25, -0.2) is 0 Å². The summed E-state index contributed by atoms with van der Waals surface area (Å²) in [4.78, 5) is 0. The highest BCUT2D eigenvalue weighted by atomic mass is 79.9. The lowest BCUT2D eigenvalue weighted by molar-refractivity contribution is -0.249. The number of methoxy groups -OCH3 is 1. The Morgan fingerprint density at radius 3 is 2.00 bits per heavy atom. The first kappa shape index (κ1) is 15.9. The molecular weight excluding hydrogens is 349 g/mol. The van der Waals surface area contributed by atoms with Crippen molar-refractivity contribution in [2.75, 3.05) is 7.11 Å². The molecule has 1 N–H and O–H groups in total. The molecule has 1 atom stereocenters. The van der Waals surface area contributed by atoms with Crippen molar-refractivity contribution in [3.63, 3.8) is 0 Å². The third kappa shape index (κ3) is 2.65. The fourth-order valence-electron chi connectivity index (χ4n) is 2.15. The number of para-hydroxylation sites is 1. The Morgan fingerprint density at radius 2 is 1.48 bits per heavy atom. The van der Waals surface area contributed by atoms with Crippen LogP contribution in [0.25, 0.3) is 0 Å². The molecule has 0 bridgehead atoms. The van der Waals surface area contributed by atoms with Crippen LogP contribution in [0.15, 0.2) is 53.0 Å². The summed E-state index contributed by atoms with van der Waals surface area (Å²) in [6, 6.07) is 11.2. The molecule has 2 aromatic carbocycles. The summed E-state index contributed by atoms with van der Waals surface area (Å²) in [5.41, 5.74) is -3.81. The Bertz CT molecular complexity index is 643. The maximum atomic E-state index is 13.6. The van der Waals surface area contributed by atoms with E-state index in [1.165, 1.54) is 43.5 Å². The van der Waals surface area contributed by atoms with Crippen LogP contribution in [0.5, 0.6) is 5.75 Å².